The highest BCUT2D eigenvalue weighted by atomic mass is 32.2. The zero-order valence-electron chi connectivity index (χ0n) is 11.3. The maximum atomic E-state index is 11.1. The molecule has 0 radical (unpaired) electrons. The number of sulfonamides is 1. The smallest absolute Gasteiger partial charge is 0.209 e. The third-order valence-corrected chi connectivity index (χ3v) is 3.75. The fourth-order valence-corrected chi connectivity index (χ4v) is 2.58. The van der Waals surface area contributed by atoms with Crippen LogP contribution in [0.5, 0.6) is 0 Å². The van der Waals surface area contributed by atoms with Gasteiger partial charge in [0.2, 0.25) is 10.0 Å². The molecule has 16 heavy (non-hydrogen) atoms. The van der Waals surface area contributed by atoms with Crippen LogP contribution >= 0.6 is 0 Å². The van der Waals surface area contributed by atoms with Crippen LogP contribution < -0.4 is 10.0 Å². The summed E-state index contributed by atoms with van der Waals surface area (Å²) in [7, 11) is -3.15. The minimum atomic E-state index is -3.15. The summed E-state index contributed by atoms with van der Waals surface area (Å²) in [5.41, 5.74) is -0.449. The maximum absolute atomic E-state index is 11.1. The summed E-state index contributed by atoms with van der Waals surface area (Å²) >= 11 is 0. The fourth-order valence-electron chi connectivity index (χ4n) is 1.51. The van der Waals surface area contributed by atoms with E-state index in [1.54, 1.807) is 0 Å². The number of hydrogen-bond acceptors (Lipinski definition) is 3. The molecule has 0 aromatic carbocycles. The molecule has 0 aliphatic carbocycles. The van der Waals surface area contributed by atoms with Crippen LogP contribution in [0.15, 0.2) is 0 Å². The van der Waals surface area contributed by atoms with Crippen molar-refractivity contribution in [2.24, 2.45) is 5.92 Å². The third-order valence-electron chi connectivity index (χ3n) is 2.83. The molecule has 0 spiro atoms. The normalized spacial score (nSPS) is 17.1. The zero-order valence-corrected chi connectivity index (χ0v) is 12.1. The molecule has 0 fully saturated rings. The second kappa shape index (κ2) is 5.98. The fraction of sp³-hybridized carbons (Fsp3) is 1.00. The average Bonchev–Trinajstić information content (AvgIpc) is 2.09. The Morgan fingerprint density at radius 2 is 1.75 bits per heavy atom. The van der Waals surface area contributed by atoms with E-state index in [1.807, 2.05) is 13.8 Å². The summed E-state index contributed by atoms with van der Waals surface area (Å²) in [6, 6.07) is 0.394. The summed E-state index contributed by atoms with van der Waals surface area (Å²) in [4.78, 5) is 0. The first-order valence-electron chi connectivity index (χ1n) is 5.79. The van der Waals surface area contributed by atoms with E-state index in [0.717, 1.165) is 6.42 Å². The molecular weight excluding hydrogens is 224 g/mol. The van der Waals surface area contributed by atoms with Crippen LogP contribution in [-0.4, -0.2) is 32.8 Å². The molecule has 2 N–H and O–H groups in total. The van der Waals surface area contributed by atoms with Crippen LogP contribution in [0.1, 0.15) is 41.0 Å². The molecule has 0 rings (SSSR count). The lowest BCUT2D eigenvalue weighted by atomic mass is 9.99. The van der Waals surface area contributed by atoms with Crippen LogP contribution in [-0.2, 0) is 10.0 Å². The molecule has 2 unspecified atom stereocenters. The molecular formula is C11H26N2O2S. The van der Waals surface area contributed by atoms with Crippen LogP contribution in [0.25, 0.3) is 0 Å². The van der Waals surface area contributed by atoms with Gasteiger partial charge in [0.05, 0.1) is 6.26 Å². The zero-order chi connectivity index (χ0) is 13.0. The number of hydrogen-bond donors (Lipinski definition) is 2. The predicted molar refractivity (Wildman–Crippen MR) is 69.0 cm³/mol. The summed E-state index contributed by atoms with van der Waals surface area (Å²) in [5.74, 6) is 0.592. The summed E-state index contributed by atoms with van der Waals surface area (Å²) in [5, 5.41) is 3.37. The quantitative estimate of drug-likeness (QED) is 0.717. The topological polar surface area (TPSA) is 58.2 Å². The van der Waals surface area contributed by atoms with Gasteiger partial charge in [0.1, 0.15) is 0 Å². The molecule has 0 amide bonds. The summed E-state index contributed by atoms with van der Waals surface area (Å²) in [6.45, 7) is 10.9. The monoisotopic (exact) mass is 250 g/mol. The SMILES string of the molecule is CCC(C)C(C)NCC(C)(C)NS(C)(=O)=O. The second-order valence-electron chi connectivity index (χ2n) is 5.31. The van der Waals surface area contributed by atoms with Crippen molar-refractivity contribution in [2.75, 3.05) is 12.8 Å². The van der Waals surface area contributed by atoms with Crippen molar-refractivity contribution in [3.05, 3.63) is 0 Å². The Morgan fingerprint density at radius 1 is 1.25 bits per heavy atom. The van der Waals surface area contributed by atoms with Gasteiger partial charge < -0.3 is 5.32 Å². The lowest BCUT2D eigenvalue weighted by molar-refractivity contribution is 0.339. The first kappa shape index (κ1) is 15.9. The standard InChI is InChI=1S/C11H26N2O2S/c1-7-9(2)10(3)12-8-11(4,5)13-16(6,14)15/h9-10,12-13H,7-8H2,1-6H3. The van der Waals surface area contributed by atoms with E-state index >= 15 is 0 Å². The Kier molecular flexibility index (Phi) is 5.93. The highest BCUT2D eigenvalue weighted by Gasteiger charge is 2.23. The van der Waals surface area contributed by atoms with Crippen molar-refractivity contribution >= 4 is 10.0 Å². The molecule has 0 saturated heterocycles. The minimum Gasteiger partial charge on any atom is -0.312 e. The highest BCUT2D eigenvalue weighted by molar-refractivity contribution is 7.88. The van der Waals surface area contributed by atoms with Crippen molar-refractivity contribution in [1.29, 1.82) is 0 Å². The van der Waals surface area contributed by atoms with E-state index < -0.39 is 15.6 Å². The Labute approximate surface area is 100 Å². The van der Waals surface area contributed by atoms with E-state index in [0.29, 0.717) is 18.5 Å². The van der Waals surface area contributed by atoms with Crippen molar-refractivity contribution in [2.45, 2.75) is 52.6 Å². The van der Waals surface area contributed by atoms with E-state index in [2.05, 4.69) is 30.8 Å². The van der Waals surface area contributed by atoms with Crippen molar-refractivity contribution in [3.8, 4) is 0 Å². The molecule has 4 nitrogen and oxygen atoms in total. The largest absolute Gasteiger partial charge is 0.312 e. The molecule has 0 bridgehead atoms. The molecule has 0 heterocycles. The molecule has 0 saturated carbocycles. The first-order valence-corrected chi connectivity index (χ1v) is 7.69. The van der Waals surface area contributed by atoms with Gasteiger partial charge in [-0.1, -0.05) is 20.3 Å². The Bertz CT molecular complexity index is 299. The van der Waals surface area contributed by atoms with Gasteiger partial charge in [-0.25, -0.2) is 13.1 Å². The van der Waals surface area contributed by atoms with Gasteiger partial charge >= 0.3 is 0 Å². The van der Waals surface area contributed by atoms with Crippen molar-refractivity contribution < 1.29 is 8.42 Å². The van der Waals surface area contributed by atoms with Gasteiger partial charge in [-0.3, -0.25) is 0 Å². The molecule has 0 aliphatic rings. The van der Waals surface area contributed by atoms with E-state index in [-0.39, 0.29) is 0 Å². The van der Waals surface area contributed by atoms with Crippen molar-refractivity contribution in [1.82, 2.24) is 10.0 Å². The summed E-state index contributed by atoms with van der Waals surface area (Å²) < 4.78 is 24.9. The number of rotatable bonds is 7. The minimum absolute atomic E-state index is 0.394. The van der Waals surface area contributed by atoms with Crippen LogP contribution in [0.3, 0.4) is 0 Å². The Morgan fingerprint density at radius 3 is 2.12 bits per heavy atom. The Balaban J connectivity index is 4.19. The summed E-state index contributed by atoms with van der Waals surface area (Å²) in [6.07, 6.45) is 2.31. The van der Waals surface area contributed by atoms with Gasteiger partial charge in [-0.2, -0.15) is 0 Å². The van der Waals surface area contributed by atoms with Gasteiger partial charge in [0.15, 0.2) is 0 Å². The first-order chi connectivity index (χ1) is 7.07. The van der Waals surface area contributed by atoms with Crippen molar-refractivity contribution in [3.63, 3.8) is 0 Å². The molecule has 2 atom stereocenters. The van der Waals surface area contributed by atoms with Crippen LogP contribution in [0.4, 0.5) is 0 Å². The predicted octanol–water partition coefficient (Wildman–Crippen LogP) is 1.34. The van der Waals surface area contributed by atoms with Crippen LogP contribution in [0.2, 0.25) is 0 Å². The van der Waals surface area contributed by atoms with Gasteiger partial charge in [0, 0.05) is 18.1 Å². The van der Waals surface area contributed by atoms with Gasteiger partial charge in [0.25, 0.3) is 0 Å². The molecule has 0 aromatic rings. The van der Waals surface area contributed by atoms with Gasteiger partial charge in [-0.15, -0.1) is 0 Å². The van der Waals surface area contributed by atoms with E-state index in [4.69, 9.17) is 0 Å². The second-order valence-corrected chi connectivity index (χ2v) is 7.06. The third kappa shape index (κ3) is 7.19. The lowest BCUT2D eigenvalue weighted by Crippen LogP contribution is -2.52. The Hall–Kier alpha value is -0.130. The number of nitrogens with one attached hydrogen (secondary N) is 2. The molecule has 5 heteroatoms. The average molecular weight is 250 g/mol. The van der Waals surface area contributed by atoms with E-state index in [9.17, 15) is 8.42 Å². The highest BCUT2D eigenvalue weighted by Crippen LogP contribution is 2.08. The van der Waals surface area contributed by atoms with E-state index in [1.165, 1.54) is 6.26 Å². The molecule has 0 aliphatic heterocycles. The molecule has 0 aromatic heterocycles. The maximum Gasteiger partial charge on any atom is 0.209 e. The lowest BCUT2D eigenvalue weighted by Gasteiger charge is -2.29. The van der Waals surface area contributed by atoms with Crippen LogP contribution in [0, 0.1) is 5.92 Å². The van der Waals surface area contributed by atoms with Gasteiger partial charge in [-0.05, 0) is 26.7 Å². The molecule has 98 valence electrons.